The molecule has 0 spiro atoms. The van der Waals surface area contributed by atoms with E-state index >= 15 is 0 Å². The summed E-state index contributed by atoms with van der Waals surface area (Å²) in [6, 6.07) is 3.79. The second kappa shape index (κ2) is 7.47. The minimum atomic E-state index is -2.72. The largest absolute Gasteiger partial charge is 0.494 e. The Kier molecular flexibility index (Phi) is 6.20. The molecule has 0 saturated heterocycles. The Bertz CT molecular complexity index is 514. The van der Waals surface area contributed by atoms with E-state index in [1.165, 1.54) is 19.2 Å². The van der Waals surface area contributed by atoms with E-state index < -0.39 is 35.4 Å². The van der Waals surface area contributed by atoms with Gasteiger partial charge in [0.1, 0.15) is 0 Å². The number of hydrogen-bond acceptors (Lipinski definition) is 2. The van der Waals surface area contributed by atoms with E-state index in [1.54, 1.807) is 0 Å². The number of aliphatic carboxylic acids is 1. The highest BCUT2D eigenvalue weighted by Crippen LogP contribution is 2.40. The van der Waals surface area contributed by atoms with Gasteiger partial charge in [-0.2, -0.15) is 4.39 Å². The summed E-state index contributed by atoms with van der Waals surface area (Å²) >= 11 is 0. The number of ether oxygens (including phenoxy) is 1. The van der Waals surface area contributed by atoms with Gasteiger partial charge in [-0.3, -0.25) is 4.79 Å². The number of benzene rings is 1. The second-order valence-corrected chi connectivity index (χ2v) is 5.26. The molecule has 1 fully saturated rings. The van der Waals surface area contributed by atoms with Crippen LogP contribution in [0, 0.1) is 23.5 Å². The third-order valence-corrected chi connectivity index (χ3v) is 3.63. The minimum absolute atomic E-state index is 0.0694. The molecule has 3 nitrogen and oxygen atoms in total. The molecule has 1 N–H and O–H groups in total. The van der Waals surface area contributed by atoms with Crippen LogP contribution in [0.15, 0.2) is 18.2 Å². The molecule has 2 rings (SSSR count). The lowest BCUT2D eigenvalue weighted by Gasteiger charge is -2.17. The van der Waals surface area contributed by atoms with Crippen LogP contribution in [-0.4, -0.2) is 24.1 Å². The SMILES string of the molecule is CC(F)(F)C1CCC(C(=O)O)C1.COc1cccc(F)c1F. The lowest BCUT2D eigenvalue weighted by Crippen LogP contribution is -2.22. The molecule has 1 aromatic carbocycles. The molecule has 7 heteroatoms. The molecule has 0 radical (unpaired) electrons. The van der Waals surface area contributed by atoms with Gasteiger partial charge in [0.05, 0.1) is 13.0 Å². The number of carboxylic acids is 1. The Balaban J connectivity index is 0.000000224. The number of rotatable bonds is 3. The third-order valence-electron chi connectivity index (χ3n) is 3.63. The van der Waals surface area contributed by atoms with E-state index in [9.17, 15) is 22.4 Å². The van der Waals surface area contributed by atoms with Crippen molar-refractivity contribution in [2.75, 3.05) is 7.11 Å². The average molecular weight is 322 g/mol. The summed E-state index contributed by atoms with van der Waals surface area (Å²) < 4.78 is 54.7. The smallest absolute Gasteiger partial charge is 0.306 e. The van der Waals surface area contributed by atoms with Crippen molar-refractivity contribution in [3.05, 3.63) is 29.8 Å². The van der Waals surface area contributed by atoms with Crippen molar-refractivity contribution < 1.29 is 32.2 Å². The van der Waals surface area contributed by atoms with Crippen molar-refractivity contribution in [3.63, 3.8) is 0 Å². The topological polar surface area (TPSA) is 46.5 Å². The van der Waals surface area contributed by atoms with Crippen molar-refractivity contribution >= 4 is 5.97 Å². The van der Waals surface area contributed by atoms with Gasteiger partial charge < -0.3 is 9.84 Å². The van der Waals surface area contributed by atoms with Crippen molar-refractivity contribution in [2.24, 2.45) is 11.8 Å². The fourth-order valence-electron chi connectivity index (χ4n) is 2.31. The van der Waals surface area contributed by atoms with Crippen molar-refractivity contribution in [1.29, 1.82) is 0 Å². The number of alkyl halides is 2. The lowest BCUT2D eigenvalue weighted by molar-refractivity contribution is -0.141. The van der Waals surface area contributed by atoms with E-state index in [2.05, 4.69) is 4.74 Å². The van der Waals surface area contributed by atoms with Crippen molar-refractivity contribution in [1.82, 2.24) is 0 Å². The fraction of sp³-hybridized carbons (Fsp3) is 0.533. The summed E-state index contributed by atoms with van der Waals surface area (Å²) in [4.78, 5) is 10.4. The van der Waals surface area contributed by atoms with E-state index in [4.69, 9.17) is 5.11 Å². The third kappa shape index (κ3) is 4.89. The molecule has 2 unspecified atom stereocenters. The highest BCUT2D eigenvalue weighted by Gasteiger charge is 2.41. The first kappa shape index (κ1) is 18.3. The number of halogens is 4. The lowest BCUT2D eigenvalue weighted by atomic mass is 9.99. The molecule has 1 aliphatic rings. The highest BCUT2D eigenvalue weighted by atomic mass is 19.3. The molecule has 0 aromatic heterocycles. The maximum Gasteiger partial charge on any atom is 0.306 e. The summed E-state index contributed by atoms with van der Waals surface area (Å²) in [6.45, 7) is 0.863. The van der Waals surface area contributed by atoms with Crippen LogP contribution in [-0.2, 0) is 4.79 Å². The maximum atomic E-state index is 12.7. The summed E-state index contributed by atoms with van der Waals surface area (Å²) in [5.41, 5.74) is 0. The molecule has 22 heavy (non-hydrogen) atoms. The number of hydrogen-bond donors (Lipinski definition) is 1. The molecule has 0 amide bonds. The van der Waals surface area contributed by atoms with Gasteiger partial charge in [-0.1, -0.05) is 6.07 Å². The van der Waals surface area contributed by atoms with Crippen LogP contribution in [0.2, 0.25) is 0 Å². The van der Waals surface area contributed by atoms with Crippen LogP contribution < -0.4 is 4.74 Å². The normalized spacial score (nSPS) is 21.0. The van der Waals surface area contributed by atoms with E-state index in [1.807, 2.05) is 0 Å². The summed E-state index contributed by atoms with van der Waals surface area (Å²) in [7, 11) is 1.29. The highest BCUT2D eigenvalue weighted by molar-refractivity contribution is 5.70. The Hall–Kier alpha value is -1.79. The Morgan fingerprint density at radius 2 is 1.95 bits per heavy atom. The monoisotopic (exact) mass is 322 g/mol. The molecule has 0 bridgehead atoms. The quantitative estimate of drug-likeness (QED) is 0.852. The summed E-state index contributed by atoms with van der Waals surface area (Å²) in [5, 5.41) is 8.55. The molecule has 1 aliphatic carbocycles. The van der Waals surface area contributed by atoms with Gasteiger partial charge in [-0.15, -0.1) is 0 Å². The first-order valence-electron chi connectivity index (χ1n) is 6.75. The first-order chi connectivity index (χ1) is 10.2. The van der Waals surface area contributed by atoms with Gasteiger partial charge in [0.2, 0.25) is 11.7 Å². The Morgan fingerprint density at radius 3 is 2.32 bits per heavy atom. The Labute approximate surface area is 125 Å². The van der Waals surface area contributed by atoms with Gasteiger partial charge in [-0.25, -0.2) is 13.2 Å². The van der Waals surface area contributed by atoms with Gasteiger partial charge in [0, 0.05) is 5.92 Å². The molecular weight excluding hydrogens is 304 g/mol. The average Bonchev–Trinajstić information content (AvgIpc) is 2.92. The maximum absolute atomic E-state index is 12.7. The molecular formula is C15H18F4O3. The standard InChI is InChI=1S/C8H12F2O2.C7H6F2O/c1-8(9,10)6-3-2-5(4-6)7(11)12;1-10-6-4-2-3-5(8)7(6)9/h5-6H,2-4H2,1H3,(H,11,12);2-4H,1H3. The van der Waals surface area contributed by atoms with Crippen LogP contribution in [0.5, 0.6) is 5.75 Å². The van der Waals surface area contributed by atoms with Gasteiger partial charge in [0.15, 0.2) is 11.6 Å². The van der Waals surface area contributed by atoms with Crippen molar-refractivity contribution in [2.45, 2.75) is 32.1 Å². The Morgan fingerprint density at radius 1 is 1.32 bits per heavy atom. The second-order valence-electron chi connectivity index (χ2n) is 5.26. The predicted octanol–water partition coefficient (Wildman–Crippen LogP) is 4.12. The molecule has 0 aliphatic heterocycles. The van der Waals surface area contributed by atoms with Gasteiger partial charge >= 0.3 is 5.97 Å². The van der Waals surface area contributed by atoms with Crippen LogP contribution in [0.4, 0.5) is 17.6 Å². The fourth-order valence-corrected chi connectivity index (χ4v) is 2.31. The van der Waals surface area contributed by atoms with E-state index in [-0.39, 0.29) is 12.2 Å². The van der Waals surface area contributed by atoms with Crippen LogP contribution in [0.25, 0.3) is 0 Å². The van der Waals surface area contributed by atoms with Crippen molar-refractivity contribution in [3.8, 4) is 5.75 Å². The van der Waals surface area contributed by atoms with Gasteiger partial charge in [0.25, 0.3) is 0 Å². The molecule has 124 valence electrons. The zero-order valence-electron chi connectivity index (χ0n) is 12.3. The predicted molar refractivity (Wildman–Crippen MR) is 72.0 cm³/mol. The number of carboxylic acid groups (broad SMARTS) is 1. The number of carbonyl (C=O) groups is 1. The molecule has 1 saturated carbocycles. The number of methoxy groups -OCH3 is 1. The zero-order chi connectivity index (χ0) is 16.9. The molecule has 0 heterocycles. The van der Waals surface area contributed by atoms with Crippen LogP contribution >= 0.6 is 0 Å². The van der Waals surface area contributed by atoms with Gasteiger partial charge in [-0.05, 0) is 38.3 Å². The van der Waals surface area contributed by atoms with Crippen LogP contribution in [0.3, 0.4) is 0 Å². The van der Waals surface area contributed by atoms with Crippen LogP contribution in [0.1, 0.15) is 26.2 Å². The molecule has 1 aromatic rings. The van der Waals surface area contributed by atoms with E-state index in [0.29, 0.717) is 12.8 Å². The summed E-state index contributed by atoms with van der Waals surface area (Å²) in [6.07, 6.45) is 0.850. The summed E-state index contributed by atoms with van der Waals surface area (Å²) in [5.74, 6) is -6.85. The minimum Gasteiger partial charge on any atom is -0.494 e. The zero-order valence-corrected chi connectivity index (χ0v) is 12.3. The molecule has 2 atom stereocenters. The van der Waals surface area contributed by atoms with E-state index in [0.717, 1.165) is 13.0 Å². The first-order valence-corrected chi connectivity index (χ1v) is 6.75.